The summed E-state index contributed by atoms with van der Waals surface area (Å²) < 4.78 is 15.5. The van der Waals surface area contributed by atoms with E-state index in [1.165, 1.54) is 77.0 Å². The molecule has 298 valence electrons. The van der Waals surface area contributed by atoms with Gasteiger partial charge in [-0.2, -0.15) is 0 Å². The van der Waals surface area contributed by atoms with Gasteiger partial charge in [0.15, 0.2) is 11.6 Å². The van der Waals surface area contributed by atoms with Crippen LogP contribution in [-0.2, 0) is 8.85 Å². The van der Waals surface area contributed by atoms with Crippen LogP contribution >= 0.6 is 0 Å². The molecule has 4 nitrogen and oxygen atoms in total. The van der Waals surface area contributed by atoms with Crippen LogP contribution in [0.15, 0.2) is 59.7 Å². The molecular weight excluding hydrogens is 697 g/mol. The van der Waals surface area contributed by atoms with E-state index in [-0.39, 0.29) is 11.6 Å². The Morgan fingerprint density at radius 3 is 0.852 bits per heavy atom. The number of hydrogen-bond acceptors (Lipinski definition) is 4. The fourth-order valence-electron chi connectivity index (χ4n) is 8.84. The molecule has 0 amide bonds. The summed E-state index contributed by atoms with van der Waals surface area (Å²) in [5.41, 5.74) is 3.84. The number of unbranched alkanes of at least 4 members (excludes halogenated alkanes) is 12. The highest BCUT2D eigenvalue weighted by Crippen LogP contribution is 2.49. The van der Waals surface area contributed by atoms with E-state index >= 15 is 9.59 Å². The van der Waals surface area contributed by atoms with E-state index in [0.29, 0.717) is 33.8 Å². The summed E-state index contributed by atoms with van der Waals surface area (Å²) in [6, 6.07) is 22.5. The van der Waals surface area contributed by atoms with Crippen LogP contribution in [0.3, 0.4) is 0 Å². The highest BCUT2D eigenvalue weighted by Gasteiger charge is 2.47. The summed E-state index contributed by atoms with van der Waals surface area (Å²) in [6.45, 7) is 13.7. The van der Waals surface area contributed by atoms with E-state index in [1.54, 1.807) is 0 Å². The minimum atomic E-state index is -2.39. The predicted octanol–water partition coefficient (Wildman–Crippen LogP) is 15.3. The average Bonchev–Trinajstić information content (AvgIpc) is 3.18. The third kappa shape index (κ3) is 11.2. The Balaban J connectivity index is 2.01. The van der Waals surface area contributed by atoms with Gasteiger partial charge in [-0.3, -0.25) is 9.59 Å². The van der Waals surface area contributed by atoms with Crippen molar-refractivity contribution in [3.8, 4) is 0 Å². The van der Waals surface area contributed by atoms with Gasteiger partial charge in [-0.15, -0.1) is 0 Å². The van der Waals surface area contributed by atoms with E-state index in [9.17, 15) is 0 Å². The molecule has 6 heteroatoms. The first-order chi connectivity index (χ1) is 26.3. The van der Waals surface area contributed by atoms with Crippen molar-refractivity contribution >= 4 is 39.7 Å². The fourth-order valence-corrected chi connectivity index (χ4v) is 17.6. The largest absolute Gasteiger partial charge is 0.543 e. The zero-order valence-electron chi connectivity index (χ0n) is 35.2. The van der Waals surface area contributed by atoms with Crippen molar-refractivity contribution in [2.45, 2.75) is 193 Å². The SMILES string of the molecule is CCCCC[Si](CCCCC)(CCCCC)OC1=C2C(=O)c3ccccc3C(O[Si](CCCCC)(CCCCC)CCCCC)=C2C(=O)c2ccccc21. The maximum Gasteiger partial charge on any atom is 0.251 e. The lowest BCUT2D eigenvalue weighted by atomic mass is 9.76. The van der Waals surface area contributed by atoms with Crippen molar-refractivity contribution in [3.63, 3.8) is 0 Å². The number of allylic oxidation sites excluding steroid dienone is 2. The average molecular weight is 771 g/mol. The molecule has 0 saturated carbocycles. The van der Waals surface area contributed by atoms with Crippen LogP contribution in [0.2, 0.25) is 36.3 Å². The Morgan fingerprint density at radius 2 is 0.611 bits per heavy atom. The lowest BCUT2D eigenvalue weighted by Gasteiger charge is -2.40. The summed E-state index contributed by atoms with van der Waals surface area (Å²) in [7, 11) is -4.79. The molecule has 0 heterocycles. The van der Waals surface area contributed by atoms with Crippen LogP contribution in [0.1, 0.15) is 189 Å². The fraction of sp³-hybridized carbons (Fsp3) is 0.625. The van der Waals surface area contributed by atoms with Crippen molar-refractivity contribution in [1.29, 1.82) is 0 Å². The second-order valence-corrected chi connectivity index (χ2v) is 24.6. The second kappa shape index (κ2) is 22.7. The number of Topliss-reactive ketones (excluding diaryl/α,β-unsaturated/α-hetero) is 2. The maximum absolute atomic E-state index is 15.1. The molecular formula is C48H74O4Si2. The topological polar surface area (TPSA) is 52.6 Å². The Morgan fingerprint density at radius 1 is 0.370 bits per heavy atom. The lowest BCUT2D eigenvalue weighted by molar-refractivity contribution is 0.0988. The van der Waals surface area contributed by atoms with E-state index in [2.05, 4.69) is 41.5 Å². The van der Waals surface area contributed by atoms with Crippen LogP contribution < -0.4 is 0 Å². The van der Waals surface area contributed by atoms with Crippen molar-refractivity contribution in [3.05, 3.63) is 81.9 Å². The number of carbonyl (C=O) groups is 2. The van der Waals surface area contributed by atoms with Crippen molar-refractivity contribution < 1.29 is 18.4 Å². The Bertz CT molecular complexity index is 1390. The zero-order valence-corrected chi connectivity index (χ0v) is 37.2. The molecule has 0 aliphatic heterocycles. The zero-order chi connectivity index (χ0) is 38.8. The first kappa shape index (κ1) is 44.0. The Kier molecular flexibility index (Phi) is 18.5. The number of carbonyl (C=O) groups excluding carboxylic acids is 2. The Labute approximate surface area is 332 Å². The van der Waals surface area contributed by atoms with Gasteiger partial charge in [0, 0.05) is 22.3 Å². The molecule has 0 saturated heterocycles. The minimum Gasteiger partial charge on any atom is -0.543 e. The quantitative estimate of drug-likeness (QED) is 0.0639. The first-order valence-electron chi connectivity index (χ1n) is 22.5. The Hall–Kier alpha value is -2.71. The van der Waals surface area contributed by atoms with Gasteiger partial charge in [0.05, 0.1) is 11.1 Å². The smallest absolute Gasteiger partial charge is 0.251 e. The molecule has 54 heavy (non-hydrogen) atoms. The first-order valence-corrected chi connectivity index (χ1v) is 27.6. The van der Waals surface area contributed by atoms with Gasteiger partial charge in [0.1, 0.15) is 11.5 Å². The molecule has 0 unspecified atom stereocenters. The van der Waals surface area contributed by atoms with E-state index < -0.39 is 16.6 Å². The normalized spacial score (nSPS) is 14.3. The molecule has 2 aromatic carbocycles. The summed E-state index contributed by atoms with van der Waals surface area (Å²) >= 11 is 0. The molecule has 2 aliphatic carbocycles. The molecule has 4 rings (SSSR count). The third-order valence-electron chi connectivity index (χ3n) is 12.0. The van der Waals surface area contributed by atoms with Crippen LogP contribution in [0, 0.1) is 0 Å². The number of ketones is 2. The molecule has 0 radical (unpaired) electrons. The van der Waals surface area contributed by atoms with Gasteiger partial charge in [0.2, 0.25) is 0 Å². The van der Waals surface area contributed by atoms with Gasteiger partial charge in [-0.1, -0.05) is 206 Å². The molecule has 0 bridgehead atoms. The molecule has 0 atom stereocenters. The van der Waals surface area contributed by atoms with E-state index in [1.807, 2.05) is 48.5 Å². The van der Waals surface area contributed by atoms with Crippen molar-refractivity contribution in [2.24, 2.45) is 0 Å². The lowest BCUT2D eigenvalue weighted by Crippen LogP contribution is -2.41. The summed E-state index contributed by atoms with van der Waals surface area (Å²) in [5, 5.41) is 0. The van der Waals surface area contributed by atoms with E-state index in [4.69, 9.17) is 8.85 Å². The van der Waals surface area contributed by atoms with Crippen LogP contribution in [-0.4, -0.2) is 28.2 Å². The van der Waals surface area contributed by atoms with Gasteiger partial charge in [0.25, 0.3) is 16.6 Å². The van der Waals surface area contributed by atoms with Crippen LogP contribution in [0.25, 0.3) is 11.5 Å². The van der Waals surface area contributed by atoms with Gasteiger partial charge in [-0.25, -0.2) is 0 Å². The minimum absolute atomic E-state index is 0.0837. The molecule has 0 N–H and O–H groups in total. The third-order valence-corrected chi connectivity index (χ3v) is 20.9. The van der Waals surface area contributed by atoms with Crippen LogP contribution in [0.4, 0.5) is 0 Å². The summed E-state index contributed by atoms with van der Waals surface area (Å²) in [6.07, 6.45) is 21.1. The molecule has 2 aromatic rings. The van der Waals surface area contributed by atoms with Gasteiger partial charge < -0.3 is 8.85 Å². The summed E-state index contributed by atoms with van der Waals surface area (Å²) in [5.74, 6) is 1.18. The highest BCUT2D eigenvalue weighted by molar-refractivity contribution is 6.75. The summed E-state index contributed by atoms with van der Waals surface area (Å²) in [4.78, 5) is 30.1. The number of hydrogen-bond donors (Lipinski definition) is 0. The van der Waals surface area contributed by atoms with Crippen LogP contribution in [0.5, 0.6) is 0 Å². The predicted molar refractivity (Wildman–Crippen MR) is 235 cm³/mol. The van der Waals surface area contributed by atoms with Gasteiger partial charge in [-0.05, 0) is 36.3 Å². The monoisotopic (exact) mass is 771 g/mol. The number of benzene rings is 2. The highest BCUT2D eigenvalue weighted by atomic mass is 28.4. The molecule has 0 aromatic heterocycles. The maximum atomic E-state index is 15.1. The van der Waals surface area contributed by atoms with E-state index in [0.717, 1.165) is 85.9 Å². The molecule has 2 aliphatic rings. The standard InChI is InChI=1S/C48H74O4Si2/c1-7-13-23-33-53(34-24-14-8-2,35-25-15-9-3)51-47-41-31-21-19-29-39(41)46(50)44-43(47)45(49)40-30-20-22-32-42(40)48(44)52-54(36-26-16-10-4,37-27-17-11-5)38-28-18-12-6/h19-22,29-32H,7-18,23-28,33-38H2,1-6H3. The molecule has 0 fully saturated rings. The van der Waals surface area contributed by atoms with Crippen molar-refractivity contribution in [1.82, 2.24) is 0 Å². The van der Waals surface area contributed by atoms with Gasteiger partial charge >= 0.3 is 0 Å². The molecule has 0 spiro atoms. The number of fused-ring (bicyclic) bond motifs is 3. The second-order valence-electron chi connectivity index (χ2n) is 16.5. The number of rotatable bonds is 28. The van der Waals surface area contributed by atoms with Crippen molar-refractivity contribution in [2.75, 3.05) is 0 Å².